The minimum atomic E-state index is -0.252. The lowest BCUT2D eigenvalue weighted by Crippen LogP contribution is -2.34. The first-order chi connectivity index (χ1) is 9.95. The monoisotopic (exact) mass is 434 g/mol. The molecular formula is C14H12ClIN2O2S. The van der Waals surface area contributed by atoms with Crippen LogP contribution in [0.3, 0.4) is 0 Å². The van der Waals surface area contributed by atoms with E-state index in [1.807, 2.05) is 0 Å². The minimum absolute atomic E-state index is 0.00607. The maximum Gasteiger partial charge on any atom is 0.254 e. The van der Waals surface area contributed by atoms with Gasteiger partial charge in [-0.2, -0.15) is 0 Å². The highest BCUT2D eigenvalue weighted by atomic mass is 127. The van der Waals surface area contributed by atoms with Crippen molar-refractivity contribution in [2.24, 2.45) is 0 Å². The molecule has 0 aliphatic carbocycles. The molecule has 1 N–H and O–H groups in total. The molecule has 0 bridgehead atoms. The molecule has 1 aromatic carbocycles. The Hall–Kier alpha value is -1.12. The fourth-order valence-electron chi connectivity index (χ4n) is 1.66. The number of halogens is 2. The third kappa shape index (κ3) is 4.69. The van der Waals surface area contributed by atoms with E-state index in [-0.39, 0.29) is 18.4 Å². The molecule has 7 heteroatoms. The second-order valence-corrected chi connectivity index (χ2v) is 7.60. The number of carbonyl (C=O) groups excluding carboxylic acids is 2. The Bertz CT molecular complexity index is 657. The molecule has 0 unspecified atom stereocenters. The van der Waals surface area contributed by atoms with Gasteiger partial charge in [-0.1, -0.05) is 11.6 Å². The summed E-state index contributed by atoms with van der Waals surface area (Å²) in [6, 6.07) is 8.62. The Morgan fingerprint density at radius 1 is 1.33 bits per heavy atom. The van der Waals surface area contributed by atoms with Crippen LogP contribution in [0.25, 0.3) is 0 Å². The number of rotatable bonds is 4. The summed E-state index contributed by atoms with van der Waals surface area (Å²) >= 11 is 9.44. The van der Waals surface area contributed by atoms with Crippen LogP contribution < -0.4 is 5.32 Å². The van der Waals surface area contributed by atoms with Gasteiger partial charge in [-0.15, -0.1) is 11.3 Å². The van der Waals surface area contributed by atoms with Crippen molar-refractivity contribution in [2.75, 3.05) is 18.9 Å². The number of carbonyl (C=O) groups is 2. The van der Waals surface area contributed by atoms with E-state index in [1.54, 1.807) is 42.8 Å². The molecule has 0 atom stereocenters. The normalized spacial score (nSPS) is 10.2. The Labute approximate surface area is 145 Å². The molecule has 110 valence electrons. The number of hydrogen-bond donors (Lipinski definition) is 1. The van der Waals surface area contributed by atoms with Crippen molar-refractivity contribution in [1.82, 2.24) is 4.90 Å². The van der Waals surface area contributed by atoms with Crippen LogP contribution in [0.2, 0.25) is 5.02 Å². The first kappa shape index (κ1) is 16.3. The number of anilines is 1. The topological polar surface area (TPSA) is 49.4 Å². The third-order valence-electron chi connectivity index (χ3n) is 2.67. The Morgan fingerprint density at radius 2 is 2.00 bits per heavy atom. The molecule has 0 aliphatic rings. The van der Waals surface area contributed by atoms with Crippen LogP contribution >= 0.6 is 45.5 Å². The lowest BCUT2D eigenvalue weighted by atomic mass is 10.3. The molecule has 0 spiro atoms. The van der Waals surface area contributed by atoms with Crippen LogP contribution in [-0.4, -0.2) is 30.3 Å². The number of benzene rings is 1. The van der Waals surface area contributed by atoms with E-state index in [1.165, 1.54) is 16.2 Å². The SMILES string of the molecule is CN(CC(=O)Nc1ccc(Cl)cc1)C(=O)c1csc(I)c1. The highest BCUT2D eigenvalue weighted by Gasteiger charge is 2.16. The zero-order chi connectivity index (χ0) is 15.4. The second-order valence-electron chi connectivity index (χ2n) is 4.36. The molecule has 1 aromatic heterocycles. The largest absolute Gasteiger partial charge is 0.332 e. The highest BCUT2D eigenvalue weighted by molar-refractivity contribution is 14.1. The van der Waals surface area contributed by atoms with Crippen molar-refractivity contribution in [1.29, 1.82) is 0 Å². The number of amides is 2. The van der Waals surface area contributed by atoms with Gasteiger partial charge in [-0.25, -0.2) is 0 Å². The third-order valence-corrected chi connectivity index (χ3v) is 4.71. The quantitative estimate of drug-likeness (QED) is 0.746. The average molecular weight is 435 g/mol. The molecule has 0 saturated carbocycles. The number of likely N-dealkylation sites (N-methyl/N-ethyl adjacent to an activating group) is 1. The van der Waals surface area contributed by atoms with Crippen molar-refractivity contribution in [3.8, 4) is 0 Å². The number of nitrogens with one attached hydrogen (secondary N) is 1. The molecule has 2 rings (SSSR count). The van der Waals surface area contributed by atoms with Gasteiger partial charge in [0.1, 0.15) is 0 Å². The van der Waals surface area contributed by atoms with E-state index >= 15 is 0 Å². The Kier molecular flexibility index (Phi) is 5.60. The van der Waals surface area contributed by atoms with E-state index in [0.29, 0.717) is 16.3 Å². The fourth-order valence-corrected chi connectivity index (χ4v) is 3.11. The van der Waals surface area contributed by atoms with Crippen molar-refractivity contribution in [3.63, 3.8) is 0 Å². The Balaban J connectivity index is 1.92. The average Bonchev–Trinajstić information content (AvgIpc) is 2.87. The summed E-state index contributed by atoms with van der Waals surface area (Å²) in [4.78, 5) is 25.4. The number of nitrogens with zero attached hydrogens (tertiary/aromatic N) is 1. The van der Waals surface area contributed by atoms with E-state index in [4.69, 9.17) is 11.6 Å². The van der Waals surface area contributed by atoms with Gasteiger partial charge in [0.15, 0.2) is 0 Å². The molecule has 0 aliphatic heterocycles. The zero-order valence-corrected chi connectivity index (χ0v) is 14.8. The molecule has 2 aromatic rings. The van der Waals surface area contributed by atoms with Gasteiger partial charge in [-0.05, 0) is 52.9 Å². The fraction of sp³-hybridized carbons (Fsp3) is 0.143. The van der Waals surface area contributed by atoms with E-state index in [0.717, 1.165) is 2.88 Å². The van der Waals surface area contributed by atoms with Gasteiger partial charge >= 0.3 is 0 Å². The van der Waals surface area contributed by atoms with Gasteiger partial charge < -0.3 is 10.2 Å². The summed E-state index contributed by atoms with van der Waals surface area (Å²) in [5.41, 5.74) is 1.25. The summed E-state index contributed by atoms with van der Waals surface area (Å²) in [7, 11) is 1.61. The van der Waals surface area contributed by atoms with E-state index in [9.17, 15) is 9.59 Å². The molecule has 0 radical (unpaired) electrons. The van der Waals surface area contributed by atoms with Crippen molar-refractivity contribution in [3.05, 3.63) is 49.2 Å². The summed E-state index contributed by atoms with van der Waals surface area (Å²) in [5.74, 6) is -0.418. The van der Waals surface area contributed by atoms with Gasteiger partial charge in [0.05, 0.1) is 15.0 Å². The minimum Gasteiger partial charge on any atom is -0.332 e. The molecule has 1 heterocycles. The Morgan fingerprint density at radius 3 is 2.57 bits per heavy atom. The van der Waals surface area contributed by atoms with Gasteiger partial charge in [0.25, 0.3) is 5.91 Å². The van der Waals surface area contributed by atoms with Gasteiger partial charge in [0.2, 0.25) is 5.91 Å². The van der Waals surface area contributed by atoms with Crippen molar-refractivity contribution < 1.29 is 9.59 Å². The summed E-state index contributed by atoms with van der Waals surface area (Å²) in [6.45, 7) is -0.00607. The lowest BCUT2D eigenvalue weighted by Gasteiger charge is -2.16. The first-order valence-electron chi connectivity index (χ1n) is 6.00. The van der Waals surface area contributed by atoms with Crippen molar-refractivity contribution in [2.45, 2.75) is 0 Å². The predicted octanol–water partition coefficient (Wildman–Crippen LogP) is 3.72. The standard InChI is InChI=1S/C14H12ClIN2O2S/c1-18(14(20)9-6-12(16)21-8-9)7-13(19)17-11-4-2-10(15)3-5-11/h2-6,8H,7H2,1H3,(H,17,19). The smallest absolute Gasteiger partial charge is 0.254 e. The number of hydrogen-bond acceptors (Lipinski definition) is 3. The second kappa shape index (κ2) is 7.24. The molecule has 4 nitrogen and oxygen atoms in total. The van der Waals surface area contributed by atoms with E-state index < -0.39 is 0 Å². The molecule has 0 saturated heterocycles. The zero-order valence-electron chi connectivity index (χ0n) is 11.1. The van der Waals surface area contributed by atoms with Crippen LogP contribution in [0.1, 0.15) is 10.4 Å². The van der Waals surface area contributed by atoms with Gasteiger partial charge in [0, 0.05) is 23.1 Å². The van der Waals surface area contributed by atoms with Crippen LogP contribution in [0.5, 0.6) is 0 Å². The number of thiophene rings is 1. The highest BCUT2D eigenvalue weighted by Crippen LogP contribution is 2.18. The van der Waals surface area contributed by atoms with Crippen LogP contribution in [0.4, 0.5) is 5.69 Å². The maximum absolute atomic E-state index is 12.1. The van der Waals surface area contributed by atoms with Crippen LogP contribution in [0, 0.1) is 2.88 Å². The molecule has 0 fully saturated rings. The summed E-state index contributed by atoms with van der Waals surface area (Å²) in [6.07, 6.45) is 0. The molecular weight excluding hydrogens is 423 g/mol. The van der Waals surface area contributed by atoms with Crippen molar-refractivity contribution >= 4 is 63.0 Å². The first-order valence-corrected chi connectivity index (χ1v) is 8.34. The maximum atomic E-state index is 12.1. The van der Waals surface area contributed by atoms with Gasteiger partial charge in [-0.3, -0.25) is 9.59 Å². The summed E-state index contributed by atoms with van der Waals surface area (Å²) in [5, 5.41) is 5.11. The van der Waals surface area contributed by atoms with Crippen LogP contribution in [0.15, 0.2) is 35.7 Å². The summed E-state index contributed by atoms with van der Waals surface area (Å²) < 4.78 is 1.04. The predicted molar refractivity (Wildman–Crippen MR) is 94.1 cm³/mol. The molecule has 21 heavy (non-hydrogen) atoms. The van der Waals surface area contributed by atoms with E-state index in [2.05, 4.69) is 27.9 Å². The lowest BCUT2D eigenvalue weighted by molar-refractivity contribution is -0.116. The van der Waals surface area contributed by atoms with Crippen LogP contribution in [-0.2, 0) is 4.79 Å². The molecule has 2 amide bonds.